The number of amides is 1. The van der Waals surface area contributed by atoms with Crippen LogP contribution >= 0.6 is 0 Å². The largest absolute Gasteiger partial charge is 0.383 e. The molecule has 1 amide bonds. The summed E-state index contributed by atoms with van der Waals surface area (Å²) < 4.78 is 8.18. The van der Waals surface area contributed by atoms with E-state index in [-0.39, 0.29) is 43.7 Å². The van der Waals surface area contributed by atoms with Gasteiger partial charge in [-0.25, -0.2) is 4.79 Å². The first-order chi connectivity index (χ1) is 16.4. The number of methoxy groups -OCH3 is 1. The van der Waals surface area contributed by atoms with E-state index < -0.39 is 11.2 Å². The van der Waals surface area contributed by atoms with Crippen molar-refractivity contribution in [1.82, 2.24) is 14.1 Å². The number of nitrogens with two attached hydrogens (primary N) is 1. The minimum absolute atomic E-state index is 0.00224. The third-order valence-electron chi connectivity index (χ3n) is 5.80. The third-order valence-corrected chi connectivity index (χ3v) is 5.80. The number of anilines is 2. The molecule has 3 N–H and O–H groups in total. The molecule has 176 valence electrons. The lowest BCUT2D eigenvalue weighted by atomic mass is 10.2. The zero-order chi connectivity index (χ0) is 24.2. The van der Waals surface area contributed by atoms with E-state index in [2.05, 4.69) is 4.98 Å². The maximum atomic E-state index is 13.7. The number of carbonyl (C=O) groups excluding carboxylic acids is 1. The van der Waals surface area contributed by atoms with E-state index in [1.54, 1.807) is 0 Å². The van der Waals surface area contributed by atoms with E-state index in [1.807, 2.05) is 72.2 Å². The van der Waals surface area contributed by atoms with Crippen LogP contribution < -0.4 is 21.9 Å². The number of benzene rings is 2. The van der Waals surface area contributed by atoms with Gasteiger partial charge < -0.3 is 15.0 Å². The van der Waals surface area contributed by atoms with Gasteiger partial charge in [-0.05, 0) is 30.0 Å². The van der Waals surface area contributed by atoms with Gasteiger partial charge >= 0.3 is 5.69 Å². The number of nitrogens with one attached hydrogen (secondary N) is 1. The summed E-state index contributed by atoms with van der Waals surface area (Å²) in [5, 5.41) is 1.02. The van der Waals surface area contributed by atoms with E-state index >= 15 is 0 Å². The number of aryl methyl sites for hydroxylation is 1. The average molecular weight is 462 g/mol. The van der Waals surface area contributed by atoms with E-state index in [0.29, 0.717) is 0 Å². The molecule has 0 saturated heterocycles. The molecule has 0 saturated carbocycles. The van der Waals surface area contributed by atoms with Gasteiger partial charge in [-0.2, -0.15) is 0 Å². The van der Waals surface area contributed by atoms with Crippen LogP contribution in [-0.4, -0.2) is 33.7 Å². The Morgan fingerprint density at radius 3 is 2.50 bits per heavy atom. The molecule has 34 heavy (non-hydrogen) atoms. The van der Waals surface area contributed by atoms with Gasteiger partial charge in [-0.3, -0.25) is 24.0 Å². The van der Waals surface area contributed by atoms with Crippen molar-refractivity contribution < 1.29 is 9.53 Å². The number of nitrogens with zero attached hydrogens (tertiary/aromatic N) is 3. The number of H-pyrrole nitrogens is 1. The molecule has 0 radical (unpaired) electrons. The van der Waals surface area contributed by atoms with Crippen molar-refractivity contribution in [2.75, 3.05) is 24.4 Å². The monoisotopic (exact) mass is 461 g/mol. The number of hydrogen-bond donors (Lipinski definition) is 2. The number of fused-ring (bicyclic) bond motifs is 1. The fourth-order valence-corrected chi connectivity index (χ4v) is 4.08. The first kappa shape index (κ1) is 23.1. The van der Waals surface area contributed by atoms with Crippen LogP contribution in [0.4, 0.5) is 11.5 Å². The van der Waals surface area contributed by atoms with Crippen LogP contribution in [0, 0.1) is 6.92 Å². The molecule has 2 aromatic heterocycles. The molecule has 0 unspecified atom stereocenters. The topological polar surface area (TPSA) is 115 Å². The second-order valence-corrected chi connectivity index (χ2v) is 8.03. The molecule has 0 atom stereocenters. The van der Waals surface area contributed by atoms with Gasteiger partial charge in [0, 0.05) is 18.3 Å². The number of aromatic nitrogens is 3. The van der Waals surface area contributed by atoms with Gasteiger partial charge in [0.05, 0.1) is 19.7 Å². The van der Waals surface area contributed by atoms with Crippen molar-refractivity contribution in [1.29, 1.82) is 0 Å². The SMILES string of the molecule is COCCn1c(N)c(N(Cc2ccccc2)C(=O)Cn2c(C)cc3ccccc32)c(=O)[nH]c1=O. The summed E-state index contributed by atoms with van der Waals surface area (Å²) in [6, 6.07) is 19.1. The van der Waals surface area contributed by atoms with E-state index in [9.17, 15) is 14.4 Å². The normalized spacial score (nSPS) is 11.1. The quantitative estimate of drug-likeness (QED) is 0.418. The van der Waals surface area contributed by atoms with E-state index in [4.69, 9.17) is 10.5 Å². The summed E-state index contributed by atoms with van der Waals surface area (Å²) in [7, 11) is 1.50. The Balaban J connectivity index is 1.80. The summed E-state index contributed by atoms with van der Waals surface area (Å²) >= 11 is 0. The lowest BCUT2D eigenvalue weighted by Crippen LogP contribution is -2.42. The number of carbonyl (C=O) groups is 1. The molecular formula is C25H27N5O4. The van der Waals surface area contributed by atoms with Gasteiger partial charge in [-0.15, -0.1) is 0 Å². The number of nitrogen functional groups attached to an aromatic ring is 1. The Morgan fingerprint density at radius 2 is 1.76 bits per heavy atom. The number of para-hydroxylation sites is 1. The molecule has 4 aromatic rings. The molecule has 9 nitrogen and oxygen atoms in total. The van der Waals surface area contributed by atoms with Crippen LogP contribution in [0.1, 0.15) is 11.3 Å². The highest BCUT2D eigenvalue weighted by Gasteiger charge is 2.25. The third kappa shape index (κ3) is 4.51. The summed E-state index contributed by atoms with van der Waals surface area (Å²) in [6.07, 6.45) is 0. The summed E-state index contributed by atoms with van der Waals surface area (Å²) in [5.41, 5.74) is 7.53. The summed E-state index contributed by atoms with van der Waals surface area (Å²) in [5.74, 6) is -0.411. The van der Waals surface area contributed by atoms with Crippen LogP contribution in [0.3, 0.4) is 0 Å². The maximum Gasteiger partial charge on any atom is 0.330 e. The van der Waals surface area contributed by atoms with E-state index in [1.165, 1.54) is 16.6 Å². The number of rotatable bonds is 8. The van der Waals surface area contributed by atoms with Crippen LogP contribution in [0.15, 0.2) is 70.3 Å². The highest BCUT2D eigenvalue weighted by Crippen LogP contribution is 2.23. The molecule has 0 fully saturated rings. The van der Waals surface area contributed by atoms with Crippen LogP contribution in [0.2, 0.25) is 0 Å². The molecule has 9 heteroatoms. The highest BCUT2D eigenvalue weighted by molar-refractivity contribution is 5.96. The molecule has 2 heterocycles. The van der Waals surface area contributed by atoms with Gasteiger partial charge in [0.25, 0.3) is 5.56 Å². The second kappa shape index (κ2) is 9.80. The fraction of sp³-hybridized carbons (Fsp3) is 0.240. The molecule has 0 spiro atoms. The molecule has 4 rings (SSSR count). The number of aromatic amines is 1. The van der Waals surface area contributed by atoms with Crippen molar-refractivity contribution in [3.8, 4) is 0 Å². The number of hydrogen-bond acceptors (Lipinski definition) is 5. The summed E-state index contributed by atoms with van der Waals surface area (Å²) in [4.78, 5) is 42.7. The lowest BCUT2D eigenvalue weighted by Gasteiger charge is -2.25. The Morgan fingerprint density at radius 1 is 1.06 bits per heavy atom. The first-order valence-electron chi connectivity index (χ1n) is 10.9. The van der Waals surface area contributed by atoms with Crippen molar-refractivity contribution in [3.63, 3.8) is 0 Å². The van der Waals surface area contributed by atoms with Crippen LogP contribution in [0.5, 0.6) is 0 Å². The van der Waals surface area contributed by atoms with Crippen molar-refractivity contribution in [2.45, 2.75) is 26.6 Å². The van der Waals surface area contributed by atoms with Crippen LogP contribution in [-0.2, 0) is 29.2 Å². The predicted octanol–water partition coefficient (Wildman–Crippen LogP) is 2.26. The zero-order valence-electron chi connectivity index (χ0n) is 19.2. The van der Waals surface area contributed by atoms with E-state index in [0.717, 1.165) is 22.2 Å². The van der Waals surface area contributed by atoms with Gasteiger partial charge in [-0.1, -0.05) is 48.5 Å². The minimum Gasteiger partial charge on any atom is -0.383 e. The number of ether oxygens (including phenoxy) is 1. The van der Waals surface area contributed by atoms with Gasteiger partial charge in [0.15, 0.2) is 5.69 Å². The smallest absolute Gasteiger partial charge is 0.330 e. The Hall–Kier alpha value is -4.11. The molecular weight excluding hydrogens is 434 g/mol. The molecule has 0 aliphatic rings. The Bertz CT molecular complexity index is 1440. The first-order valence-corrected chi connectivity index (χ1v) is 10.9. The van der Waals surface area contributed by atoms with Gasteiger partial charge in [0.2, 0.25) is 5.91 Å². The average Bonchev–Trinajstić information content (AvgIpc) is 3.13. The van der Waals surface area contributed by atoms with Crippen molar-refractivity contribution in [3.05, 3.63) is 92.8 Å². The van der Waals surface area contributed by atoms with Crippen LogP contribution in [0.25, 0.3) is 10.9 Å². The molecule has 0 aliphatic heterocycles. The standard InChI is InChI=1S/C25H27N5O4/c1-17-14-19-10-6-7-11-20(19)29(17)16-21(31)30(15-18-8-4-3-5-9-18)22-23(26)28(12-13-34-2)25(33)27-24(22)32/h3-11,14H,12-13,15-16,26H2,1-2H3,(H,27,32,33). The molecule has 2 aromatic carbocycles. The fourth-order valence-electron chi connectivity index (χ4n) is 4.08. The second-order valence-electron chi connectivity index (χ2n) is 8.03. The Kier molecular flexibility index (Phi) is 6.65. The van der Waals surface area contributed by atoms with Gasteiger partial charge in [0.1, 0.15) is 12.4 Å². The lowest BCUT2D eigenvalue weighted by molar-refractivity contribution is -0.119. The molecule has 0 bridgehead atoms. The van der Waals surface area contributed by atoms with Crippen molar-refractivity contribution in [2.24, 2.45) is 0 Å². The Labute approximate surface area is 196 Å². The van der Waals surface area contributed by atoms with Crippen molar-refractivity contribution >= 4 is 28.3 Å². The maximum absolute atomic E-state index is 13.7. The zero-order valence-corrected chi connectivity index (χ0v) is 19.2. The predicted molar refractivity (Wildman–Crippen MR) is 132 cm³/mol. The molecule has 0 aliphatic carbocycles. The highest BCUT2D eigenvalue weighted by atomic mass is 16.5. The summed E-state index contributed by atoms with van der Waals surface area (Å²) in [6.45, 7) is 2.41. The minimum atomic E-state index is -0.713.